The standard InChI is InChI=1S/C14H18O3/c1-9-7-6-8-10(2)12(9)13(16)14(4,5)17-11(3)15/h6-8H,1-5H3. The molecule has 1 aromatic rings. The molecule has 0 amide bonds. The summed E-state index contributed by atoms with van der Waals surface area (Å²) in [6.45, 7) is 8.29. The maximum atomic E-state index is 12.4. The van der Waals surface area contributed by atoms with E-state index in [2.05, 4.69) is 0 Å². The van der Waals surface area contributed by atoms with Crippen LogP contribution in [0.15, 0.2) is 18.2 Å². The largest absolute Gasteiger partial charge is 0.451 e. The maximum absolute atomic E-state index is 12.4. The van der Waals surface area contributed by atoms with Crippen LogP contribution in [-0.4, -0.2) is 17.4 Å². The van der Waals surface area contributed by atoms with Gasteiger partial charge in [0.2, 0.25) is 5.78 Å². The number of esters is 1. The van der Waals surface area contributed by atoms with E-state index in [1.165, 1.54) is 6.92 Å². The number of carbonyl (C=O) groups excluding carboxylic acids is 2. The second-order valence-corrected chi connectivity index (χ2v) is 4.70. The van der Waals surface area contributed by atoms with Gasteiger partial charge in [-0.1, -0.05) is 18.2 Å². The van der Waals surface area contributed by atoms with Crippen LogP contribution in [0.25, 0.3) is 0 Å². The summed E-state index contributed by atoms with van der Waals surface area (Å²) < 4.78 is 5.08. The summed E-state index contributed by atoms with van der Waals surface area (Å²) in [6.07, 6.45) is 0. The van der Waals surface area contributed by atoms with E-state index in [0.717, 1.165) is 11.1 Å². The average molecular weight is 234 g/mol. The molecule has 0 saturated heterocycles. The quantitative estimate of drug-likeness (QED) is 0.596. The first-order valence-corrected chi connectivity index (χ1v) is 5.56. The van der Waals surface area contributed by atoms with Crippen LogP contribution >= 0.6 is 0 Å². The minimum absolute atomic E-state index is 0.164. The molecule has 1 rings (SSSR count). The lowest BCUT2D eigenvalue weighted by atomic mass is 9.90. The second kappa shape index (κ2) is 4.70. The summed E-state index contributed by atoms with van der Waals surface area (Å²) in [4.78, 5) is 23.4. The Morgan fingerprint density at radius 1 is 1.12 bits per heavy atom. The molecular weight excluding hydrogens is 216 g/mol. The van der Waals surface area contributed by atoms with Crippen LogP contribution < -0.4 is 0 Å². The molecule has 0 aliphatic heterocycles. The fourth-order valence-corrected chi connectivity index (χ4v) is 1.88. The molecule has 0 aliphatic carbocycles. The molecule has 0 fully saturated rings. The van der Waals surface area contributed by atoms with E-state index >= 15 is 0 Å². The van der Waals surface area contributed by atoms with E-state index in [9.17, 15) is 9.59 Å². The molecule has 0 N–H and O–H groups in total. The number of aryl methyl sites for hydroxylation is 2. The van der Waals surface area contributed by atoms with Gasteiger partial charge in [-0.05, 0) is 38.8 Å². The Balaban J connectivity index is 3.16. The van der Waals surface area contributed by atoms with Crippen molar-refractivity contribution < 1.29 is 14.3 Å². The molecule has 1 aromatic carbocycles. The molecule has 0 saturated carbocycles. The number of hydrogen-bond donors (Lipinski definition) is 0. The minimum atomic E-state index is -1.12. The zero-order chi connectivity index (χ0) is 13.2. The topological polar surface area (TPSA) is 43.4 Å². The first kappa shape index (κ1) is 13.4. The lowest BCUT2D eigenvalue weighted by Crippen LogP contribution is -2.37. The normalized spacial score (nSPS) is 11.1. The number of hydrogen-bond acceptors (Lipinski definition) is 3. The van der Waals surface area contributed by atoms with Gasteiger partial charge in [0.15, 0.2) is 5.60 Å². The summed E-state index contributed by atoms with van der Waals surface area (Å²) in [5, 5.41) is 0. The third-order valence-electron chi connectivity index (χ3n) is 2.65. The third kappa shape index (κ3) is 2.93. The van der Waals surface area contributed by atoms with Crippen LogP contribution in [-0.2, 0) is 9.53 Å². The van der Waals surface area contributed by atoms with Gasteiger partial charge in [0.1, 0.15) is 0 Å². The van der Waals surface area contributed by atoms with Gasteiger partial charge in [0.25, 0.3) is 0 Å². The van der Waals surface area contributed by atoms with E-state index in [1.54, 1.807) is 13.8 Å². The molecule has 3 heteroatoms. The summed E-state index contributed by atoms with van der Waals surface area (Å²) in [6, 6.07) is 5.66. The van der Waals surface area contributed by atoms with Gasteiger partial charge >= 0.3 is 5.97 Å². The molecule has 0 bridgehead atoms. The van der Waals surface area contributed by atoms with Gasteiger partial charge in [-0.25, -0.2) is 0 Å². The minimum Gasteiger partial charge on any atom is -0.451 e. The molecule has 92 valence electrons. The molecule has 17 heavy (non-hydrogen) atoms. The van der Waals surface area contributed by atoms with Crippen molar-refractivity contribution in [1.29, 1.82) is 0 Å². The highest BCUT2D eigenvalue weighted by atomic mass is 16.6. The van der Waals surface area contributed by atoms with Gasteiger partial charge in [0, 0.05) is 12.5 Å². The lowest BCUT2D eigenvalue weighted by Gasteiger charge is -2.24. The Labute approximate surface area is 102 Å². The second-order valence-electron chi connectivity index (χ2n) is 4.70. The van der Waals surface area contributed by atoms with Crippen molar-refractivity contribution in [3.63, 3.8) is 0 Å². The van der Waals surface area contributed by atoms with E-state index in [-0.39, 0.29) is 5.78 Å². The molecule has 0 radical (unpaired) electrons. The Hall–Kier alpha value is -1.64. The molecule has 0 aromatic heterocycles. The molecular formula is C14H18O3. The van der Waals surface area contributed by atoms with E-state index in [1.807, 2.05) is 32.0 Å². The fraction of sp³-hybridized carbons (Fsp3) is 0.429. The number of benzene rings is 1. The van der Waals surface area contributed by atoms with E-state index < -0.39 is 11.6 Å². The van der Waals surface area contributed by atoms with Crippen molar-refractivity contribution in [3.05, 3.63) is 34.9 Å². The van der Waals surface area contributed by atoms with Gasteiger partial charge < -0.3 is 4.74 Å². The number of rotatable bonds is 3. The zero-order valence-electron chi connectivity index (χ0n) is 11.0. The highest BCUT2D eigenvalue weighted by Gasteiger charge is 2.33. The van der Waals surface area contributed by atoms with Crippen LogP contribution in [0, 0.1) is 13.8 Å². The van der Waals surface area contributed by atoms with Crippen molar-refractivity contribution in [2.75, 3.05) is 0 Å². The number of ketones is 1. The summed E-state index contributed by atoms with van der Waals surface area (Å²) in [7, 11) is 0. The Bertz CT molecular complexity index is 438. The van der Waals surface area contributed by atoms with E-state index in [0.29, 0.717) is 5.56 Å². The maximum Gasteiger partial charge on any atom is 0.303 e. The molecule has 0 unspecified atom stereocenters. The van der Waals surface area contributed by atoms with Crippen LogP contribution in [0.2, 0.25) is 0 Å². The van der Waals surface area contributed by atoms with Gasteiger partial charge in [0.05, 0.1) is 0 Å². The lowest BCUT2D eigenvalue weighted by molar-refractivity contribution is -0.149. The fourth-order valence-electron chi connectivity index (χ4n) is 1.88. The van der Waals surface area contributed by atoms with Gasteiger partial charge in [-0.3, -0.25) is 9.59 Å². The van der Waals surface area contributed by atoms with Crippen LogP contribution in [0.1, 0.15) is 42.3 Å². The molecule has 0 aliphatic rings. The smallest absolute Gasteiger partial charge is 0.303 e. The van der Waals surface area contributed by atoms with Crippen LogP contribution in [0.3, 0.4) is 0 Å². The highest BCUT2D eigenvalue weighted by molar-refractivity contribution is 6.05. The zero-order valence-corrected chi connectivity index (χ0v) is 11.0. The van der Waals surface area contributed by atoms with Crippen molar-refractivity contribution in [1.82, 2.24) is 0 Å². The van der Waals surface area contributed by atoms with Gasteiger partial charge in [-0.2, -0.15) is 0 Å². The monoisotopic (exact) mass is 234 g/mol. The average Bonchev–Trinajstić information content (AvgIpc) is 2.14. The molecule has 3 nitrogen and oxygen atoms in total. The summed E-state index contributed by atoms with van der Waals surface area (Å²) >= 11 is 0. The van der Waals surface area contributed by atoms with Gasteiger partial charge in [-0.15, -0.1) is 0 Å². The van der Waals surface area contributed by atoms with Crippen molar-refractivity contribution >= 4 is 11.8 Å². The Morgan fingerprint density at radius 2 is 1.59 bits per heavy atom. The van der Waals surface area contributed by atoms with Crippen molar-refractivity contribution in [2.45, 2.75) is 40.2 Å². The SMILES string of the molecule is CC(=O)OC(C)(C)C(=O)c1c(C)cccc1C. The highest BCUT2D eigenvalue weighted by Crippen LogP contribution is 2.22. The predicted octanol–water partition coefficient (Wildman–Crippen LogP) is 2.83. The van der Waals surface area contributed by atoms with Crippen LogP contribution in [0.5, 0.6) is 0 Å². The molecule has 0 spiro atoms. The Kier molecular flexibility index (Phi) is 3.71. The molecule has 0 heterocycles. The summed E-state index contributed by atoms with van der Waals surface area (Å²) in [5.74, 6) is -0.613. The molecule has 0 atom stereocenters. The third-order valence-corrected chi connectivity index (χ3v) is 2.65. The number of Topliss-reactive ketones (excluding diaryl/α,β-unsaturated/α-hetero) is 1. The summed E-state index contributed by atoms with van der Waals surface area (Å²) in [5.41, 5.74) is 1.31. The number of ether oxygens (including phenoxy) is 1. The van der Waals surface area contributed by atoms with Crippen LogP contribution in [0.4, 0.5) is 0 Å². The predicted molar refractivity (Wildman–Crippen MR) is 66.1 cm³/mol. The Morgan fingerprint density at radius 3 is 2.00 bits per heavy atom. The van der Waals surface area contributed by atoms with Crippen molar-refractivity contribution in [2.24, 2.45) is 0 Å². The van der Waals surface area contributed by atoms with Crippen molar-refractivity contribution in [3.8, 4) is 0 Å². The first-order chi connectivity index (χ1) is 7.75. The number of carbonyl (C=O) groups is 2. The first-order valence-electron chi connectivity index (χ1n) is 5.56. The van der Waals surface area contributed by atoms with E-state index in [4.69, 9.17) is 4.74 Å².